The summed E-state index contributed by atoms with van der Waals surface area (Å²) in [6.07, 6.45) is 3.17. The number of nitrogen functional groups attached to an aromatic ring is 1. The zero-order chi connectivity index (χ0) is 12.4. The molecule has 88 valence electrons. The zero-order valence-corrected chi connectivity index (χ0v) is 9.41. The van der Waals surface area contributed by atoms with Crippen LogP contribution in [0.25, 0.3) is 11.0 Å². The smallest absolute Gasteiger partial charge is 0.181 e. The van der Waals surface area contributed by atoms with Crippen LogP contribution in [-0.2, 0) is 0 Å². The van der Waals surface area contributed by atoms with Crippen molar-refractivity contribution in [3.63, 3.8) is 0 Å². The van der Waals surface area contributed by atoms with Crippen molar-refractivity contribution in [2.45, 2.75) is 0 Å². The van der Waals surface area contributed by atoms with Gasteiger partial charge < -0.3 is 11.1 Å². The lowest BCUT2D eigenvalue weighted by Gasteiger charge is -2.07. The van der Waals surface area contributed by atoms with Crippen LogP contribution in [0.2, 0.25) is 0 Å². The van der Waals surface area contributed by atoms with E-state index in [4.69, 9.17) is 5.73 Å². The van der Waals surface area contributed by atoms with E-state index in [1.54, 1.807) is 12.4 Å². The molecule has 0 bridgehead atoms. The lowest BCUT2D eigenvalue weighted by molar-refractivity contribution is 1.05. The first kappa shape index (κ1) is 10.4. The number of para-hydroxylation sites is 1. The van der Waals surface area contributed by atoms with Crippen LogP contribution < -0.4 is 11.1 Å². The number of hydrogen-bond donors (Lipinski definition) is 2. The summed E-state index contributed by atoms with van der Waals surface area (Å²) in [4.78, 5) is 8.38. The van der Waals surface area contributed by atoms with Crippen LogP contribution in [0.5, 0.6) is 0 Å². The summed E-state index contributed by atoms with van der Waals surface area (Å²) in [7, 11) is 0. The van der Waals surface area contributed by atoms with Crippen LogP contribution in [0.4, 0.5) is 17.3 Å². The maximum atomic E-state index is 5.71. The van der Waals surface area contributed by atoms with Gasteiger partial charge in [0.1, 0.15) is 11.0 Å². The number of fused-ring (bicyclic) bond motifs is 1. The maximum Gasteiger partial charge on any atom is 0.181 e. The number of rotatable bonds is 2. The Balaban J connectivity index is 2.10. The van der Waals surface area contributed by atoms with Crippen molar-refractivity contribution in [1.29, 1.82) is 0 Å². The molecule has 1 aromatic carbocycles. The summed E-state index contributed by atoms with van der Waals surface area (Å²) in [5.74, 6) is 0.815. The van der Waals surface area contributed by atoms with Gasteiger partial charge in [-0.2, -0.15) is 0 Å². The van der Waals surface area contributed by atoms with Crippen molar-refractivity contribution >= 4 is 28.4 Å². The van der Waals surface area contributed by atoms with Gasteiger partial charge in [-0.25, -0.2) is 9.97 Å². The molecule has 0 unspecified atom stereocenters. The molecule has 0 atom stereocenters. The van der Waals surface area contributed by atoms with Gasteiger partial charge in [0.25, 0.3) is 0 Å². The van der Waals surface area contributed by atoms with Crippen molar-refractivity contribution in [2.75, 3.05) is 11.1 Å². The molecule has 0 amide bonds. The van der Waals surface area contributed by atoms with Crippen molar-refractivity contribution in [3.05, 3.63) is 42.7 Å². The highest BCUT2D eigenvalue weighted by molar-refractivity contribution is 5.92. The molecule has 0 aliphatic heterocycles. The fourth-order valence-electron chi connectivity index (χ4n) is 1.64. The molecular formula is C12H10N6. The highest BCUT2D eigenvalue weighted by atomic mass is 15.2. The summed E-state index contributed by atoms with van der Waals surface area (Å²) < 4.78 is 0. The van der Waals surface area contributed by atoms with Gasteiger partial charge in [0.15, 0.2) is 11.6 Å². The molecule has 0 aliphatic carbocycles. The molecule has 2 aromatic heterocycles. The highest BCUT2D eigenvalue weighted by Crippen LogP contribution is 2.22. The molecule has 0 saturated carbocycles. The van der Waals surface area contributed by atoms with E-state index in [0.29, 0.717) is 16.9 Å². The van der Waals surface area contributed by atoms with Gasteiger partial charge in [0.05, 0.1) is 0 Å². The average molecular weight is 238 g/mol. The third kappa shape index (κ3) is 1.80. The van der Waals surface area contributed by atoms with E-state index in [1.807, 2.05) is 30.3 Å². The number of hydrogen-bond acceptors (Lipinski definition) is 6. The van der Waals surface area contributed by atoms with Gasteiger partial charge in [-0.05, 0) is 12.1 Å². The fourth-order valence-corrected chi connectivity index (χ4v) is 1.64. The Morgan fingerprint density at radius 2 is 1.61 bits per heavy atom. The van der Waals surface area contributed by atoms with Crippen LogP contribution in [0, 0.1) is 0 Å². The molecular weight excluding hydrogens is 228 g/mol. The Morgan fingerprint density at radius 1 is 0.889 bits per heavy atom. The molecule has 0 saturated heterocycles. The maximum absolute atomic E-state index is 5.71. The molecule has 3 N–H and O–H groups in total. The predicted octanol–water partition coefficient (Wildman–Crippen LogP) is 1.75. The minimum Gasteiger partial charge on any atom is -0.380 e. The lowest BCUT2D eigenvalue weighted by atomic mass is 10.3. The lowest BCUT2D eigenvalue weighted by Crippen LogP contribution is -2.03. The summed E-state index contributed by atoms with van der Waals surface area (Å²) >= 11 is 0. The Kier molecular flexibility index (Phi) is 2.45. The van der Waals surface area contributed by atoms with Crippen LogP contribution in [0.15, 0.2) is 42.7 Å². The van der Waals surface area contributed by atoms with E-state index in [2.05, 4.69) is 25.5 Å². The molecule has 0 fully saturated rings. The summed E-state index contributed by atoms with van der Waals surface area (Å²) in [5.41, 5.74) is 7.77. The summed E-state index contributed by atoms with van der Waals surface area (Å²) in [5, 5.41) is 11.0. The van der Waals surface area contributed by atoms with Gasteiger partial charge in [-0.15, -0.1) is 10.2 Å². The van der Waals surface area contributed by atoms with E-state index in [1.165, 1.54) is 0 Å². The second-order valence-corrected chi connectivity index (χ2v) is 3.68. The molecule has 18 heavy (non-hydrogen) atoms. The van der Waals surface area contributed by atoms with E-state index < -0.39 is 0 Å². The molecule has 3 rings (SSSR count). The second kappa shape index (κ2) is 4.25. The van der Waals surface area contributed by atoms with Crippen molar-refractivity contribution in [3.8, 4) is 0 Å². The summed E-state index contributed by atoms with van der Waals surface area (Å²) in [6, 6.07) is 9.67. The zero-order valence-electron chi connectivity index (χ0n) is 9.41. The number of nitrogens with one attached hydrogen (secondary N) is 1. The molecule has 6 nitrogen and oxygen atoms in total. The summed E-state index contributed by atoms with van der Waals surface area (Å²) in [6.45, 7) is 0. The number of aromatic nitrogens is 4. The van der Waals surface area contributed by atoms with E-state index in [0.717, 1.165) is 5.69 Å². The molecule has 0 spiro atoms. The van der Waals surface area contributed by atoms with Gasteiger partial charge in [-0.3, -0.25) is 0 Å². The molecule has 6 heteroatoms. The third-order valence-electron chi connectivity index (χ3n) is 2.46. The van der Waals surface area contributed by atoms with Crippen LogP contribution >= 0.6 is 0 Å². The first-order valence-corrected chi connectivity index (χ1v) is 5.39. The first-order chi connectivity index (χ1) is 8.84. The van der Waals surface area contributed by atoms with Crippen molar-refractivity contribution in [1.82, 2.24) is 20.2 Å². The van der Waals surface area contributed by atoms with Gasteiger partial charge >= 0.3 is 0 Å². The second-order valence-electron chi connectivity index (χ2n) is 3.68. The highest BCUT2D eigenvalue weighted by Gasteiger charge is 2.09. The predicted molar refractivity (Wildman–Crippen MR) is 69.3 cm³/mol. The SMILES string of the molecule is Nc1nnc(Nc2ccccc2)c2nccnc12. The van der Waals surface area contributed by atoms with Crippen LogP contribution in [0.1, 0.15) is 0 Å². The standard InChI is InChI=1S/C12H10N6/c13-11-9-10(15-7-6-14-9)12(18-17-11)16-8-4-2-1-3-5-8/h1-7H,(H2,13,17)(H,16,18). The van der Waals surface area contributed by atoms with E-state index >= 15 is 0 Å². The molecule has 0 radical (unpaired) electrons. The average Bonchev–Trinajstić information content (AvgIpc) is 2.44. The van der Waals surface area contributed by atoms with Gasteiger partial charge in [-0.1, -0.05) is 18.2 Å². The van der Waals surface area contributed by atoms with Crippen LogP contribution in [0.3, 0.4) is 0 Å². The largest absolute Gasteiger partial charge is 0.380 e. The molecule has 3 aromatic rings. The van der Waals surface area contributed by atoms with E-state index in [-0.39, 0.29) is 5.82 Å². The number of anilines is 3. The van der Waals surface area contributed by atoms with Gasteiger partial charge in [0, 0.05) is 18.1 Å². The van der Waals surface area contributed by atoms with Crippen molar-refractivity contribution in [2.24, 2.45) is 0 Å². The third-order valence-corrected chi connectivity index (χ3v) is 2.46. The number of benzene rings is 1. The Labute approximate surface area is 103 Å². The topological polar surface area (TPSA) is 89.6 Å². The molecule has 0 aliphatic rings. The fraction of sp³-hybridized carbons (Fsp3) is 0. The number of nitrogens with zero attached hydrogens (tertiary/aromatic N) is 4. The Bertz CT molecular complexity index is 682. The first-order valence-electron chi connectivity index (χ1n) is 5.39. The van der Waals surface area contributed by atoms with Gasteiger partial charge in [0.2, 0.25) is 0 Å². The number of nitrogens with two attached hydrogens (primary N) is 1. The Morgan fingerprint density at radius 3 is 2.39 bits per heavy atom. The normalized spacial score (nSPS) is 10.4. The Hall–Kier alpha value is -2.76. The minimum atomic E-state index is 0.275. The van der Waals surface area contributed by atoms with Crippen molar-refractivity contribution < 1.29 is 0 Å². The molecule has 2 heterocycles. The monoisotopic (exact) mass is 238 g/mol. The minimum absolute atomic E-state index is 0.275. The quantitative estimate of drug-likeness (QED) is 0.706. The van der Waals surface area contributed by atoms with Crippen LogP contribution in [-0.4, -0.2) is 20.2 Å². The van der Waals surface area contributed by atoms with E-state index in [9.17, 15) is 0 Å².